The summed E-state index contributed by atoms with van der Waals surface area (Å²) in [5.74, 6) is -0.152. The maximum Gasteiger partial charge on any atom is 0.320 e. The van der Waals surface area contributed by atoms with Crippen molar-refractivity contribution in [2.45, 2.75) is 57.7 Å². The van der Waals surface area contributed by atoms with Crippen molar-refractivity contribution in [3.8, 4) is 0 Å². The van der Waals surface area contributed by atoms with E-state index in [0.29, 0.717) is 19.0 Å². The molecule has 1 N–H and O–H groups in total. The zero-order chi connectivity index (χ0) is 18.2. The maximum absolute atomic E-state index is 12.2. The average Bonchev–Trinajstić information content (AvgIpc) is 2.68. The molecule has 1 aliphatic rings. The van der Waals surface area contributed by atoms with Gasteiger partial charge in [0.05, 0.1) is 0 Å². The maximum atomic E-state index is 12.2. The average molecular weight is 351 g/mol. The molecule has 0 saturated heterocycles. The molecule has 26 heavy (non-hydrogen) atoms. The standard InChI is InChI=1S/C23H29NO2/c25-23(26)22(16-19-10-4-1-5-11-19)24(17-20-12-6-2-7-13-20)18-21-14-8-3-9-15-21/h2-3,6-9,12-15,19,22H,1,4-5,10-11,16-18H2,(H,25,26). The van der Waals surface area contributed by atoms with Crippen LogP contribution in [0.1, 0.15) is 49.7 Å². The molecule has 0 bridgehead atoms. The number of carboxylic acid groups (broad SMARTS) is 1. The van der Waals surface area contributed by atoms with Crippen molar-refractivity contribution < 1.29 is 9.90 Å². The van der Waals surface area contributed by atoms with E-state index in [4.69, 9.17) is 0 Å². The van der Waals surface area contributed by atoms with Gasteiger partial charge >= 0.3 is 5.97 Å². The van der Waals surface area contributed by atoms with Crippen LogP contribution in [0.25, 0.3) is 0 Å². The molecule has 1 atom stereocenters. The zero-order valence-electron chi connectivity index (χ0n) is 15.4. The van der Waals surface area contributed by atoms with Crippen LogP contribution in [-0.4, -0.2) is 22.0 Å². The second-order valence-electron chi connectivity index (χ2n) is 7.47. The minimum absolute atomic E-state index is 0.432. The Balaban J connectivity index is 1.79. The molecule has 1 saturated carbocycles. The lowest BCUT2D eigenvalue weighted by Gasteiger charge is -2.33. The van der Waals surface area contributed by atoms with Crippen LogP contribution >= 0.6 is 0 Å². The van der Waals surface area contributed by atoms with Crippen molar-refractivity contribution in [1.29, 1.82) is 0 Å². The summed E-state index contributed by atoms with van der Waals surface area (Å²) in [6.45, 7) is 1.33. The monoisotopic (exact) mass is 351 g/mol. The van der Waals surface area contributed by atoms with Crippen molar-refractivity contribution >= 4 is 5.97 Å². The molecular formula is C23H29NO2. The summed E-state index contributed by atoms with van der Waals surface area (Å²) in [5, 5.41) is 9.99. The van der Waals surface area contributed by atoms with E-state index in [0.717, 1.165) is 6.42 Å². The molecular weight excluding hydrogens is 322 g/mol. The summed E-state index contributed by atoms with van der Waals surface area (Å²) in [6.07, 6.45) is 6.90. The summed E-state index contributed by atoms with van der Waals surface area (Å²) >= 11 is 0. The van der Waals surface area contributed by atoms with Crippen molar-refractivity contribution in [3.05, 3.63) is 71.8 Å². The second-order valence-corrected chi connectivity index (χ2v) is 7.47. The third-order valence-corrected chi connectivity index (χ3v) is 5.46. The zero-order valence-corrected chi connectivity index (χ0v) is 15.4. The predicted octanol–water partition coefficient (Wildman–Crippen LogP) is 5.11. The van der Waals surface area contributed by atoms with Crippen LogP contribution in [0, 0.1) is 5.92 Å². The van der Waals surface area contributed by atoms with Crippen LogP contribution in [0.15, 0.2) is 60.7 Å². The number of aliphatic carboxylic acids is 1. The summed E-state index contributed by atoms with van der Waals surface area (Å²) in [5.41, 5.74) is 2.33. The van der Waals surface area contributed by atoms with E-state index >= 15 is 0 Å². The first-order chi connectivity index (χ1) is 12.7. The fraction of sp³-hybridized carbons (Fsp3) is 0.435. The van der Waals surface area contributed by atoms with Gasteiger partial charge < -0.3 is 5.11 Å². The van der Waals surface area contributed by atoms with E-state index in [1.807, 2.05) is 36.4 Å². The van der Waals surface area contributed by atoms with Gasteiger partial charge in [0.15, 0.2) is 0 Å². The van der Waals surface area contributed by atoms with E-state index in [1.165, 1.54) is 43.2 Å². The quantitative estimate of drug-likeness (QED) is 0.718. The van der Waals surface area contributed by atoms with Gasteiger partial charge in [-0.1, -0.05) is 92.8 Å². The molecule has 0 radical (unpaired) electrons. The molecule has 2 aromatic rings. The Labute approximate surface area is 156 Å². The topological polar surface area (TPSA) is 40.5 Å². The van der Waals surface area contributed by atoms with E-state index in [-0.39, 0.29) is 0 Å². The predicted molar refractivity (Wildman–Crippen MR) is 105 cm³/mol. The summed E-state index contributed by atoms with van der Waals surface area (Å²) in [7, 11) is 0. The van der Waals surface area contributed by atoms with Crippen molar-refractivity contribution in [3.63, 3.8) is 0 Å². The smallest absolute Gasteiger partial charge is 0.320 e. The van der Waals surface area contributed by atoms with Crippen LogP contribution in [0.2, 0.25) is 0 Å². The fourth-order valence-electron chi connectivity index (χ4n) is 4.06. The lowest BCUT2D eigenvalue weighted by Crippen LogP contribution is -2.42. The molecule has 1 unspecified atom stereocenters. The number of hydrogen-bond acceptors (Lipinski definition) is 2. The Morgan fingerprint density at radius 2 is 1.38 bits per heavy atom. The van der Waals surface area contributed by atoms with Crippen LogP contribution < -0.4 is 0 Å². The highest BCUT2D eigenvalue weighted by Crippen LogP contribution is 2.29. The highest BCUT2D eigenvalue weighted by atomic mass is 16.4. The Kier molecular flexibility index (Phi) is 6.84. The molecule has 138 valence electrons. The number of hydrogen-bond donors (Lipinski definition) is 1. The molecule has 0 aromatic heterocycles. The molecule has 0 heterocycles. The number of nitrogens with zero attached hydrogens (tertiary/aromatic N) is 1. The molecule has 2 aromatic carbocycles. The Hall–Kier alpha value is -2.13. The molecule has 3 nitrogen and oxygen atoms in total. The third-order valence-electron chi connectivity index (χ3n) is 5.46. The minimum Gasteiger partial charge on any atom is -0.480 e. The van der Waals surface area contributed by atoms with Gasteiger partial charge in [0.25, 0.3) is 0 Å². The number of benzene rings is 2. The summed E-state index contributed by atoms with van der Waals surface area (Å²) < 4.78 is 0. The molecule has 1 aliphatic carbocycles. The lowest BCUT2D eigenvalue weighted by atomic mass is 9.84. The van der Waals surface area contributed by atoms with Crippen LogP contribution in [0.3, 0.4) is 0 Å². The van der Waals surface area contributed by atoms with Crippen molar-refractivity contribution in [2.24, 2.45) is 5.92 Å². The molecule has 3 heteroatoms. The van der Waals surface area contributed by atoms with Gasteiger partial charge in [-0.2, -0.15) is 0 Å². The van der Waals surface area contributed by atoms with E-state index in [9.17, 15) is 9.90 Å². The molecule has 1 fully saturated rings. The minimum atomic E-state index is -0.692. The second kappa shape index (κ2) is 9.54. The van der Waals surface area contributed by atoms with Gasteiger partial charge in [-0.3, -0.25) is 9.69 Å². The van der Waals surface area contributed by atoms with Crippen LogP contribution in [0.5, 0.6) is 0 Å². The molecule has 0 amide bonds. The van der Waals surface area contributed by atoms with Crippen molar-refractivity contribution in [2.75, 3.05) is 0 Å². The first kappa shape index (κ1) is 18.7. The SMILES string of the molecule is O=C(O)C(CC1CCCCC1)N(Cc1ccccc1)Cc1ccccc1. The lowest BCUT2D eigenvalue weighted by molar-refractivity contribution is -0.144. The Morgan fingerprint density at radius 1 is 0.885 bits per heavy atom. The van der Waals surface area contributed by atoms with Crippen LogP contribution in [-0.2, 0) is 17.9 Å². The number of carboxylic acids is 1. The molecule has 3 rings (SSSR count). The van der Waals surface area contributed by atoms with Gasteiger partial charge in [-0.15, -0.1) is 0 Å². The van der Waals surface area contributed by atoms with Gasteiger partial charge in [0.2, 0.25) is 0 Å². The normalized spacial score (nSPS) is 16.5. The highest BCUT2D eigenvalue weighted by molar-refractivity contribution is 5.73. The van der Waals surface area contributed by atoms with E-state index in [1.54, 1.807) is 0 Å². The van der Waals surface area contributed by atoms with Gasteiger partial charge in [-0.25, -0.2) is 0 Å². The van der Waals surface area contributed by atoms with Crippen LogP contribution in [0.4, 0.5) is 0 Å². The van der Waals surface area contributed by atoms with Gasteiger partial charge in [0, 0.05) is 13.1 Å². The first-order valence-electron chi connectivity index (χ1n) is 9.77. The number of rotatable bonds is 8. The summed E-state index contributed by atoms with van der Waals surface area (Å²) in [6, 6.07) is 20.0. The van der Waals surface area contributed by atoms with Gasteiger partial charge in [-0.05, 0) is 23.5 Å². The summed E-state index contributed by atoms with van der Waals surface area (Å²) in [4.78, 5) is 14.3. The fourth-order valence-corrected chi connectivity index (χ4v) is 4.06. The van der Waals surface area contributed by atoms with Gasteiger partial charge in [0.1, 0.15) is 6.04 Å². The number of carbonyl (C=O) groups is 1. The van der Waals surface area contributed by atoms with E-state index in [2.05, 4.69) is 29.2 Å². The Morgan fingerprint density at radius 3 is 1.85 bits per heavy atom. The largest absolute Gasteiger partial charge is 0.480 e. The highest BCUT2D eigenvalue weighted by Gasteiger charge is 2.29. The Bertz CT molecular complexity index is 624. The molecule has 0 aliphatic heterocycles. The van der Waals surface area contributed by atoms with E-state index < -0.39 is 12.0 Å². The third kappa shape index (κ3) is 5.43. The van der Waals surface area contributed by atoms with Crippen molar-refractivity contribution in [1.82, 2.24) is 4.90 Å². The first-order valence-corrected chi connectivity index (χ1v) is 9.77. The molecule has 0 spiro atoms.